The Hall–Kier alpha value is -3.52. The molecule has 1 aromatic heterocycles. The summed E-state index contributed by atoms with van der Waals surface area (Å²) in [6, 6.07) is 16.3. The highest BCUT2D eigenvalue weighted by Gasteiger charge is 2.14. The summed E-state index contributed by atoms with van der Waals surface area (Å²) >= 11 is 0. The van der Waals surface area contributed by atoms with E-state index in [2.05, 4.69) is 6.07 Å². The normalized spacial score (nSPS) is 10.2. The summed E-state index contributed by atoms with van der Waals surface area (Å²) in [4.78, 5) is 11.0. The maximum Gasteiger partial charge on any atom is 0.335 e. The highest BCUT2D eigenvalue weighted by atomic mass is 16.5. The lowest BCUT2D eigenvalue weighted by Crippen LogP contribution is -1.97. The molecule has 0 saturated heterocycles. The molecule has 1 N–H and O–H groups in total. The number of aromatic carboxylic acids is 1. The van der Waals surface area contributed by atoms with Crippen LogP contribution in [0, 0.1) is 11.3 Å². The van der Waals surface area contributed by atoms with E-state index in [0.29, 0.717) is 12.2 Å². The molecule has 1 heterocycles. The number of benzene rings is 2. The van der Waals surface area contributed by atoms with Gasteiger partial charge in [0.1, 0.15) is 11.8 Å². The molecule has 3 aromatic rings. The van der Waals surface area contributed by atoms with Crippen molar-refractivity contribution >= 4 is 5.97 Å². The number of carbonyl (C=O) groups is 1. The predicted octanol–water partition coefficient (Wildman–Crippen LogP) is 4.11. The third-order valence-corrected chi connectivity index (χ3v) is 3.84. The topological polar surface area (TPSA) is 75.2 Å². The van der Waals surface area contributed by atoms with Crippen molar-refractivity contribution in [3.63, 3.8) is 0 Å². The van der Waals surface area contributed by atoms with E-state index in [0.717, 1.165) is 22.6 Å². The van der Waals surface area contributed by atoms with Gasteiger partial charge in [0.25, 0.3) is 0 Å². The average molecular weight is 332 g/mol. The maximum absolute atomic E-state index is 11.0. The lowest BCUT2D eigenvalue weighted by molar-refractivity contribution is 0.0697. The van der Waals surface area contributed by atoms with Gasteiger partial charge in [-0.15, -0.1) is 0 Å². The molecule has 0 aliphatic rings. The predicted molar refractivity (Wildman–Crippen MR) is 94.0 cm³/mol. The van der Waals surface area contributed by atoms with Crippen molar-refractivity contribution in [3.05, 3.63) is 72.1 Å². The van der Waals surface area contributed by atoms with Gasteiger partial charge < -0.3 is 14.4 Å². The number of nitrogens with zero attached hydrogens (tertiary/aromatic N) is 2. The second kappa shape index (κ2) is 6.93. The van der Waals surface area contributed by atoms with Crippen molar-refractivity contribution in [2.24, 2.45) is 0 Å². The summed E-state index contributed by atoms with van der Waals surface area (Å²) in [5, 5.41) is 18.5. The molecule has 25 heavy (non-hydrogen) atoms. The monoisotopic (exact) mass is 332 g/mol. The molecule has 0 spiro atoms. The van der Waals surface area contributed by atoms with E-state index >= 15 is 0 Å². The minimum atomic E-state index is -0.969. The van der Waals surface area contributed by atoms with E-state index in [9.17, 15) is 10.1 Å². The van der Waals surface area contributed by atoms with Crippen LogP contribution in [-0.2, 0) is 0 Å². The van der Waals surface area contributed by atoms with Gasteiger partial charge in [-0.25, -0.2) is 4.79 Å². The Labute approximate surface area is 145 Å². The van der Waals surface area contributed by atoms with Crippen molar-refractivity contribution < 1.29 is 14.6 Å². The van der Waals surface area contributed by atoms with Crippen molar-refractivity contribution in [3.8, 4) is 28.6 Å². The Bertz CT molecular complexity index is 950. The summed E-state index contributed by atoms with van der Waals surface area (Å²) in [5.74, 6) is -0.247. The fraction of sp³-hybridized carbons (Fsp3) is 0.100. The van der Waals surface area contributed by atoms with E-state index in [-0.39, 0.29) is 5.56 Å². The molecule has 2 aromatic carbocycles. The van der Waals surface area contributed by atoms with Gasteiger partial charge in [-0.2, -0.15) is 5.26 Å². The average Bonchev–Trinajstić information content (AvgIpc) is 3.07. The third-order valence-electron chi connectivity index (χ3n) is 3.84. The summed E-state index contributed by atoms with van der Waals surface area (Å²) < 4.78 is 7.47. The van der Waals surface area contributed by atoms with Crippen LogP contribution in [0.3, 0.4) is 0 Å². The van der Waals surface area contributed by atoms with Crippen LogP contribution in [0.25, 0.3) is 16.8 Å². The molecule has 3 rings (SSSR count). The van der Waals surface area contributed by atoms with E-state index < -0.39 is 5.97 Å². The molecule has 0 atom stereocenters. The first-order valence-corrected chi connectivity index (χ1v) is 7.82. The van der Waals surface area contributed by atoms with Gasteiger partial charge in [0.15, 0.2) is 0 Å². The molecule has 0 amide bonds. The lowest BCUT2D eigenvalue weighted by Gasteiger charge is -2.09. The number of rotatable bonds is 5. The molecular formula is C20H16N2O3. The number of carboxylic acids is 1. The molecule has 0 saturated carbocycles. The van der Waals surface area contributed by atoms with Crippen LogP contribution in [-0.4, -0.2) is 22.2 Å². The fourth-order valence-electron chi connectivity index (χ4n) is 2.65. The molecule has 0 radical (unpaired) electrons. The molecule has 0 fully saturated rings. The lowest BCUT2D eigenvalue weighted by atomic mass is 10.0. The number of aromatic nitrogens is 1. The second-order valence-corrected chi connectivity index (χ2v) is 5.39. The Morgan fingerprint density at radius 1 is 1.12 bits per heavy atom. The number of hydrogen-bond acceptors (Lipinski definition) is 3. The van der Waals surface area contributed by atoms with Crippen LogP contribution in [0.2, 0.25) is 0 Å². The molecule has 5 heteroatoms. The van der Waals surface area contributed by atoms with Crippen LogP contribution in [0.5, 0.6) is 5.75 Å². The number of para-hydroxylation sites is 1. The Morgan fingerprint density at radius 2 is 1.84 bits per heavy atom. The van der Waals surface area contributed by atoms with Gasteiger partial charge in [0.2, 0.25) is 0 Å². The summed E-state index contributed by atoms with van der Waals surface area (Å²) in [5.41, 5.74) is 3.14. The summed E-state index contributed by atoms with van der Waals surface area (Å²) in [7, 11) is 0. The summed E-state index contributed by atoms with van der Waals surface area (Å²) in [6.07, 6.45) is 3.58. The molecular weight excluding hydrogens is 316 g/mol. The molecule has 0 aliphatic heterocycles. The number of carboxylic acid groups (broad SMARTS) is 1. The van der Waals surface area contributed by atoms with Crippen LogP contribution in [0.4, 0.5) is 0 Å². The standard InChI is InChI=1S/C20H16N2O3/c1-2-25-19-6-4-3-5-17(19)18-13-22(12-15(18)11-21)16-9-7-14(8-10-16)20(23)24/h3-10,12-13H,2H2,1H3,(H,23,24). The molecule has 0 bridgehead atoms. The minimum absolute atomic E-state index is 0.221. The Kier molecular flexibility index (Phi) is 4.53. The van der Waals surface area contributed by atoms with Gasteiger partial charge in [-0.05, 0) is 37.3 Å². The number of ether oxygens (including phenoxy) is 1. The van der Waals surface area contributed by atoms with Crippen LogP contribution in [0.15, 0.2) is 60.9 Å². The largest absolute Gasteiger partial charge is 0.493 e. The summed E-state index contributed by atoms with van der Waals surface area (Å²) in [6.45, 7) is 2.45. The van der Waals surface area contributed by atoms with Crippen LogP contribution < -0.4 is 4.74 Å². The Morgan fingerprint density at radius 3 is 2.48 bits per heavy atom. The second-order valence-electron chi connectivity index (χ2n) is 5.39. The van der Waals surface area contributed by atoms with Crippen molar-refractivity contribution in [2.75, 3.05) is 6.61 Å². The number of hydrogen-bond donors (Lipinski definition) is 1. The molecule has 0 unspecified atom stereocenters. The van der Waals surface area contributed by atoms with Crippen molar-refractivity contribution in [2.45, 2.75) is 6.92 Å². The highest BCUT2D eigenvalue weighted by molar-refractivity contribution is 5.87. The van der Waals surface area contributed by atoms with Crippen LogP contribution in [0.1, 0.15) is 22.8 Å². The van der Waals surface area contributed by atoms with E-state index in [1.165, 1.54) is 12.1 Å². The zero-order valence-electron chi connectivity index (χ0n) is 13.6. The van der Waals surface area contributed by atoms with Gasteiger partial charge in [0.05, 0.1) is 17.7 Å². The maximum atomic E-state index is 11.0. The van der Waals surface area contributed by atoms with Crippen molar-refractivity contribution in [1.82, 2.24) is 4.57 Å². The van der Waals surface area contributed by atoms with Gasteiger partial charge in [-0.1, -0.05) is 18.2 Å². The first-order valence-electron chi connectivity index (χ1n) is 7.82. The van der Waals surface area contributed by atoms with Gasteiger partial charge in [0, 0.05) is 29.2 Å². The molecule has 0 aliphatic carbocycles. The van der Waals surface area contributed by atoms with Crippen LogP contribution >= 0.6 is 0 Å². The smallest absolute Gasteiger partial charge is 0.335 e. The first-order chi connectivity index (χ1) is 12.1. The first kappa shape index (κ1) is 16.3. The highest BCUT2D eigenvalue weighted by Crippen LogP contribution is 2.33. The zero-order valence-corrected chi connectivity index (χ0v) is 13.6. The number of nitriles is 1. The molecule has 124 valence electrons. The molecule has 5 nitrogen and oxygen atoms in total. The van der Waals surface area contributed by atoms with Gasteiger partial charge in [-0.3, -0.25) is 0 Å². The van der Waals surface area contributed by atoms with E-state index in [1.807, 2.05) is 42.0 Å². The fourth-order valence-corrected chi connectivity index (χ4v) is 2.65. The van der Waals surface area contributed by atoms with Crippen molar-refractivity contribution in [1.29, 1.82) is 5.26 Å². The van der Waals surface area contributed by atoms with Gasteiger partial charge >= 0.3 is 5.97 Å². The van der Waals surface area contributed by atoms with E-state index in [1.54, 1.807) is 18.3 Å². The Balaban J connectivity index is 2.06. The van der Waals surface area contributed by atoms with E-state index in [4.69, 9.17) is 9.84 Å². The minimum Gasteiger partial charge on any atom is -0.493 e. The quantitative estimate of drug-likeness (QED) is 0.763. The zero-order chi connectivity index (χ0) is 17.8. The third kappa shape index (κ3) is 3.24. The SMILES string of the molecule is CCOc1ccccc1-c1cn(-c2ccc(C(=O)O)cc2)cc1C#N.